The van der Waals surface area contributed by atoms with E-state index in [2.05, 4.69) is 19.6 Å². The van der Waals surface area contributed by atoms with Crippen molar-refractivity contribution < 1.29 is 19.1 Å². The van der Waals surface area contributed by atoms with Gasteiger partial charge in [0.15, 0.2) is 11.5 Å². The Kier molecular flexibility index (Phi) is 7.40. The van der Waals surface area contributed by atoms with Gasteiger partial charge in [-0.3, -0.25) is 10.1 Å². The van der Waals surface area contributed by atoms with Gasteiger partial charge in [0, 0.05) is 50.6 Å². The highest BCUT2D eigenvalue weighted by Crippen LogP contribution is 2.34. The molecule has 1 aromatic heterocycles. The summed E-state index contributed by atoms with van der Waals surface area (Å²) in [5, 5.41) is 17.1. The number of hydrogen-bond donors (Lipinski definition) is 0. The van der Waals surface area contributed by atoms with Gasteiger partial charge in [0.25, 0.3) is 5.69 Å². The summed E-state index contributed by atoms with van der Waals surface area (Å²) >= 11 is 0. The van der Waals surface area contributed by atoms with E-state index in [1.54, 1.807) is 12.1 Å². The van der Waals surface area contributed by atoms with Gasteiger partial charge in [-0.05, 0) is 54.1 Å². The number of benzene rings is 3. The third kappa shape index (κ3) is 6.13. The Hall–Kier alpha value is -4.15. The molecule has 1 aliphatic rings. The van der Waals surface area contributed by atoms with E-state index in [4.69, 9.17) is 19.3 Å². The lowest BCUT2D eigenvalue weighted by Gasteiger charge is -2.20. The van der Waals surface area contributed by atoms with Crippen LogP contribution in [-0.2, 0) is 11.5 Å². The molecule has 4 aromatic rings. The Bertz CT molecular complexity index is 1540. The Morgan fingerprint density at radius 2 is 1.85 bits per heavy atom. The van der Waals surface area contributed by atoms with E-state index in [0.29, 0.717) is 13.3 Å². The van der Waals surface area contributed by atoms with Crippen molar-refractivity contribution >= 4 is 48.2 Å². The van der Waals surface area contributed by atoms with E-state index >= 15 is 0 Å². The van der Waals surface area contributed by atoms with Gasteiger partial charge in [-0.1, -0.05) is 37.8 Å². The first-order valence-corrected chi connectivity index (χ1v) is 16.5. The number of aromatic nitrogens is 2. The van der Waals surface area contributed by atoms with E-state index in [-0.39, 0.29) is 17.4 Å². The molecule has 0 fully saturated rings. The molecule has 2 heterocycles. The van der Waals surface area contributed by atoms with Crippen LogP contribution in [0, 0.1) is 10.1 Å². The number of nitro groups is 1. The average Bonchev–Trinajstić information content (AvgIpc) is 3.52. The van der Waals surface area contributed by atoms with Crippen LogP contribution in [0.15, 0.2) is 60.7 Å². The highest BCUT2D eigenvalue weighted by Gasteiger charge is 2.16. The van der Waals surface area contributed by atoms with Gasteiger partial charge in [0.1, 0.15) is 6.73 Å². The van der Waals surface area contributed by atoms with Crippen molar-refractivity contribution in [2.75, 3.05) is 25.3 Å². The van der Waals surface area contributed by atoms with Gasteiger partial charge >= 0.3 is 0 Å². The maximum absolute atomic E-state index is 11.3. The molecule has 0 atom stereocenters. The van der Waals surface area contributed by atoms with Crippen molar-refractivity contribution in [1.29, 1.82) is 0 Å². The number of non-ortho nitro benzene ring substituents is 1. The quantitative estimate of drug-likeness (QED) is 0.0925. The molecule has 9 nitrogen and oxygen atoms in total. The van der Waals surface area contributed by atoms with Crippen molar-refractivity contribution in [3.63, 3.8) is 0 Å². The number of hydrogen-bond acceptors (Lipinski definition) is 7. The van der Waals surface area contributed by atoms with Gasteiger partial charge in [0.2, 0.25) is 6.79 Å². The lowest BCUT2D eigenvalue weighted by molar-refractivity contribution is -0.384. The standard InChI is InChI=1S/C29H32N4O5Si/c1-31(22-6-5-7-24(17-22)33(34)35)23-10-11-25-26(12-8-21-9-13-28-29(16-21)38-20-37-28)30-32(27(25)18-23)19-36-14-15-39(2,3)4/h5-13,16-18H,14-15,19-20H2,1-4H3/b12-8+. The van der Waals surface area contributed by atoms with E-state index in [1.807, 2.05) is 71.2 Å². The number of nitro benzene ring substituents is 1. The fourth-order valence-corrected chi connectivity index (χ4v) is 5.06. The van der Waals surface area contributed by atoms with Crippen LogP contribution < -0.4 is 14.4 Å². The minimum absolute atomic E-state index is 0.0530. The molecule has 0 N–H and O–H groups in total. The normalized spacial score (nSPS) is 12.9. The first-order chi connectivity index (χ1) is 18.7. The van der Waals surface area contributed by atoms with Crippen LogP contribution in [0.25, 0.3) is 23.1 Å². The zero-order valence-electron chi connectivity index (χ0n) is 22.6. The molecule has 0 saturated heterocycles. The monoisotopic (exact) mass is 544 g/mol. The van der Waals surface area contributed by atoms with Crippen LogP contribution >= 0.6 is 0 Å². The minimum atomic E-state index is -1.22. The molecule has 0 amide bonds. The number of rotatable bonds is 10. The Morgan fingerprint density at radius 1 is 1.05 bits per heavy atom. The maximum atomic E-state index is 11.3. The zero-order valence-corrected chi connectivity index (χ0v) is 23.6. The van der Waals surface area contributed by atoms with Crippen molar-refractivity contribution in [3.05, 3.63) is 82.0 Å². The van der Waals surface area contributed by atoms with Crippen molar-refractivity contribution in [2.45, 2.75) is 32.4 Å². The molecule has 0 bridgehead atoms. The second kappa shape index (κ2) is 10.9. The van der Waals surface area contributed by atoms with E-state index in [9.17, 15) is 10.1 Å². The first-order valence-electron chi connectivity index (χ1n) is 12.8. The van der Waals surface area contributed by atoms with Crippen LogP contribution in [0.4, 0.5) is 17.1 Å². The molecular formula is C29H32N4O5Si. The topological polar surface area (TPSA) is 91.9 Å². The second-order valence-electron chi connectivity index (χ2n) is 10.7. The summed E-state index contributed by atoms with van der Waals surface area (Å²) in [6.45, 7) is 8.25. The maximum Gasteiger partial charge on any atom is 0.271 e. The Balaban J connectivity index is 1.46. The molecule has 0 aliphatic carbocycles. The number of nitrogens with zero attached hydrogens (tertiary/aromatic N) is 4. The molecule has 1 aliphatic heterocycles. The number of anilines is 2. The summed E-state index contributed by atoms with van der Waals surface area (Å²) < 4.78 is 18.8. The summed E-state index contributed by atoms with van der Waals surface area (Å²) in [6.07, 6.45) is 3.99. The molecule has 0 unspecified atom stereocenters. The van der Waals surface area contributed by atoms with Gasteiger partial charge in [-0.2, -0.15) is 5.10 Å². The molecule has 10 heteroatoms. The van der Waals surface area contributed by atoms with Crippen LogP contribution in [-0.4, -0.2) is 43.2 Å². The minimum Gasteiger partial charge on any atom is -0.454 e. The van der Waals surface area contributed by atoms with Gasteiger partial charge < -0.3 is 19.1 Å². The van der Waals surface area contributed by atoms with Crippen molar-refractivity contribution in [2.24, 2.45) is 0 Å². The summed E-state index contributed by atoms with van der Waals surface area (Å²) in [7, 11) is 0.679. The number of fused-ring (bicyclic) bond motifs is 2. The summed E-state index contributed by atoms with van der Waals surface area (Å²) in [5.74, 6) is 1.48. The van der Waals surface area contributed by atoms with E-state index in [0.717, 1.165) is 51.1 Å². The summed E-state index contributed by atoms with van der Waals surface area (Å²) in [4.78, 5) is 12.8. The third-order valence-corrected chi connectivity index (χ3v) is 8.32. The van der Waals surface area contributed by atoms with Gasteiger partial charge in [0.05, 0.1) is 16.1 Å². The van der Waals surface area contributed by atoms with Crippen molar-refractivity contribution in [1.82, 2.24) is 9.78 Å². The molecule has 3 aromatic carbocycles. The van der Waals surface area contributed by atoms with Gasteiger partial charge in [-0.25, -0.2) is 4.68 Å². The smallest absolute Gasteiger partial charge is 0.271 e. The van der Waals surface area contributed by atoms with E-state index < -0.39 is 8.07 Å². The lowest BCUT2D eigenvalue weighted by atomic mass is 10.1. The van der Waals surface area contributed by atoms with Crippen LogP contribution in [0.2, 0.25) is 25.7 Å². The molecule has 0 radical (unpaired) electrons. The second-order valence-corrected chi connectivity index (χ2v) is 16.3. The fourth-order valence-electron chi connectivity index (χ4n) is 4.30. The largest absolute Gasteiger partial charge is 0.454 e. The Morgan fingerprint density at radius 3 is 2.64 bits per heavy atom. The summed E-state index contributed by atoms with van der Waals surface area (Å²) in [5.41, 5.74) is 4.39. The van der Waals surface area contributed by atoms with Gasteiger partial charge in [-0.15, -0.1) is 0 Å². The predicted octanol–water partition coefficient (Wildman–Crippen LogP) is 6.92. The number of ether oxygens (including phenoxy) is 3. The van der Waals surface area contributed by atoms with Crippen molar-refractivity contribution in [3.8, 4) is 11.5 Å². The summed E-state index contributed by atoms with van der Waals surface area (Å²) in [6, 6.07) is 19.6. The zero-order chi connectivity index (χ0) is 27.6. The highest BCUT2D eigenvalue weighted by atomic mass is 28.3. The highest BCUT2D eigenvalue weighted by molar-refractivity contribution is 6.76. The molecular weight excluding hydrogens is 512 g/mol. The molecule has 39 heavy (non-hydrogen) atoms. The van der Waals surface area contributed by atoms with Crippen LogP contribution in [0.5, 0.6) is 11.5 Å². The average molecular weight is 545 g/mol. The van der Waals surface area contributed by atoms with Crippen LogP contribution in [0.1, 0.15) is 11.3 Å². The molecule has 202 valence electrons. The lowest BCUT2D eigenvalue weighted by Crippen LogP contribution is -2.22. The molecule has 5 rings (SSSR count). The predicted molar refractivity (Wildman–Crippen MR) is 156 cm³/mol. The van der Waals surface area contributed by atoms with E-state index in [1.165, 1.54) is 6.07 Å². The molecule has 0 spiro atoms. The van der Waals surface area contributed by atoms with Crippen LogP contribution in [0.3, 0.4) is 0 Å². The SMILES string of the molecule is CN(c1cccc([N+](=O)[O-])c1)c1ccc2c(/C=C/c3ccc4c(c3)OCO4)nn(COCC[Si](C)(C)C)c2c1. The molecule has 0 saturated carbocycles. The first kappa shape index (κ1) is 26.5. The Labute approximate surface area is 228 Å². The fraction of sp³-hybridized carbons (Fsp3) is 0.276. The third-order valence-electron chi connectivity index (χ3n) is 6.62.